The Kier molecular flexibility index (Phi) is 5.06. The second-order valence-corrected chi connectivity index (χ2v) is 8.94. The Labute approximate surface area is 142 Å². The van der Waals surface area contributed by atoms with Crippen molar-refractivity contribution in [3.05, 3.63) is 46.7 Å². The van der Waals surface area contributed by atoms with Crippen LogP contribution in [0, 0.1) is 0 Å². The van der Waals surface area contributed by atoms with E-state index < -0.39 is 9.84 Å². The molecule has 0 N–H and O–H groups in total. The summed E-state index contributed by atoms with van der Waals surface area (Å²) in [5, 5.41) is 4.63. The van der Waals surface area contributed by atoms with Crippen LogP contribution < -0.4 is 4.74 Å². The number of halogens is 1. The summed E-state index contributed by atoms with van der Waals surface area (Å²) < 4.78 is 31.6. The van der Waals surface area contributed by atoms with Crippen molar-refractivity contribution < 1.29 is 13.2 Å². The molecule has 23 heavy (non-hydrogen) atoms. The fraction of sp³-hybridized carbons (Fsp3) is 0.438. The highest BCUT2D eigenvalue weighted by molar-refractivity contribution is 7.89. The van der Waals surface area contributed by atoms with Gasteiger partial charge in [0.1, 0.15) is 5.75 Å². The van der Waals surface area contributed by atoms with Gasteiger partial charge in [-0.05, 0) is 38.5 Å². The molecular weight excluding hydrogens is 336 g/mol. The maximum atomic E-state index is 12.4. The van der Waals surface area contributed by atoms with Crippen LogP contribution in [0.4, 0.5) is 0 Å². The molecule has 5 nitrogen and oxygen atoms in total. The van der Waals surface area contributed by atoms with Gasteiger partial charge in [0, 0.05) is 11.8 Å². The molecule has 0 unspecified atom stereocenters. The lowest BCUT2D eigenvalue weighted by atomic mass is 10.1. The van der Waals surface area contributed by atoms with Crippen LogP contribution >= 0.6 is 11.6 Å². The standard InChI is InChI=1S/C16H21ClN2O3S/c1-16(2,3)19-9-13(8-18-19)11-23(20,21)10-12-5-6-15(22-4)14(17)7-12/h5-9H,10-11H2,1-4H3. The normalized spacial score (nSPS) is 12.4. The van der Waals surface area contributed by atoms with E-state index in [2.05, 4.69) is 5.10 Å². The molecule has 1 aromatic carbocycles. The van der Waals surface area contributed by atoms with E-state index >= 15 is 0 Å². The van der Waals surface area contributed by atoms with Gasteiger partial charge in [0.05, 0.1) is 35.4 Å². The molecule has 0 saturated carbocycles. The van der Waals surface area contributed by atoms with Crippen LogP contribution in [0.25, 0.3) is 0 Å². The molecular formula is C16H21ClN2O3S. The monoisotopic (exact) mass is 356 g/mol. The highest BCUT2D eigenvalue weighted by Gasteiger charge is 2.18. The molecule has 0 aliphatic heterocycles. The van der Waals surface area contributed by atoms with Crippen LogP contribution in [0.2, 0.25) is 5.02 Å². The first-order chi connectivity index (χ1) is 10.6. The number of nitrogens with zero attached hydrogens (tertiary/aromatic N) is 2. The van der Waals surface area contributed by atoms with Crippen molar-refractivity contribution >= 4 is 21.4 Å². The third-order valence-electron chi connectivity index (χ3n) is 3.31. The minimum Gasteiger partial charge on any atom is -0.495 e. The van der Waals surface area contributed by atoms with E-state index in [0.29, 0.717) is 21.9 Å². The predicted molar refractivity (Wildman–Crippen MR) is 91.6 cm³/mol. The van der Waals surface area contributed by atoms with Crippen molar-refractivity contribution in [1.29, 1.82) is 0 Å². The number of hydrogen-bond acceptors (Lipinski definition) is 4. The van der Waals surface area contributed by atoms with Crippen LogP contribution in [0.5, 0.6) is 5.75 Å². The number of hydrogen-bond donors (Lipinski definition) is 0. The first-order valence-electron chi connectivity index (χ1n) is 7.17. The van der Waals surface area contributed by atoms with Gasteiger partial charge in [-0.2, -0.15) is 5.10 Å². The third-order valence-corrected chi connectivity index (χ3v) is 5.15. The zero-order chi connectivity index (χ0) is 17.3. The molecule has 0 bridgehead atoms. The number of ether oxygens (including phenoxy) is 1. The van der Waals surface area contributed by atoms with Gasteiger partial charge in [-0.1, -0.05) is 17.7 Å². The average Bonchev–Trinajstić information content (AvgIpc) is 2.86. The van der Waals surface area contributed by atoms with E-state index in [1.807, 2.05) is 20.8 Å². The summed E-state index contributed by atoms with van der Waals surface area (Å²) in [6.45, 7) is 6.03. The maximum absolute atomic E-state index is 12.4. The van der Waals surface area contributed by atoms with E-state index in [1.165, 1.54) is 7.11 Å². The Bertz CT molecular complexity index is 792. The molecule has 0 saturated heterocycles. The molecule has 0 fully saturated rings. The summed E-state index contributed by atoms with van der Waals surface area (Å²) in [6, 6.07) is 5.00. The van der Waals surface area contributed by atoms with E-state index in [1.54, 1.807) is 35.3 Å². The van der Waals surface area contributed by atoms with Crippen molar-refractivity contribution in [2.75, 3.05) is 7.11 Å². The molecule has 0 aliphatic carbocycles. The molecule has 0 radical (unpaired) electrons. The van der Waals surface area contributed by atoms with Gasteiger partial charge in [0.2, 0.25) is 0 Å². The Balaban J connectivity index is 2.13. The fourth-order valence-corrected chi connectivity index (χ4v) is 3.89. The lowest BCUT2D eigenvalue weighted by Gasteiger charge is -2.18. The first kappa shape index (κ1) is 17.8. The van der Waals surface area contributed by atoms with Crippen molar-refractivity contribution in [3.63, 3.8) is 0 Å². The van der Waals surface area contributed by atoms with Gasteiger partial charge >= 0.3 is 0 Å². The second-order valence-electron chi connectivity index (χ2n) is 6.47. The molecule has 2 rings (SSSR count). The maximum Gasteiger partial charge on any atom is 0.158 e. The van der Waals surface area contributed by atoms with Crippen LogP contribution in [-0.4, -0.2) is 25.3 Å². The van der Waals surface area contributed by atoms with Gasteiger partial charge < -0.3 is 4.74 Å². The zero-order valence-corrected chi connectivity index (χ0v) is 15.3. The topological polar surface area (TPSA) is 61.2 Å². The lowest BCUT2D eigenvalue weighted by Crippen LogP contribution is -2.22. The number of benzene rings is 1. The molecule has 2 aromatic rings. The highest BCUT2D eigenvalue weighted by Crippen LogP contribution is 2.26. The zero-order valence-electron chi connectivity index (χ0n) is 13.7. The smallest absolute Gasteiger partial charge is 0.158 e. The summed E-state index contributed by atoms with van der Waals surface area (Å²) in [6.07, 6.45) is 3.38. The Morgan fingerprint density at radius 2 is 1.87 bits per heavy atom. The molecule has 126 valence electrons. The van der Waals surface area contributed by atoms with E-state index in [-0.39, 0.29) is 17.0 Å². The minimum absolute atomic E-state index is 0.0489. The van der Waals surface area contributed by atoms with Gasteiger partial charge in [0.15, 0.2) is 9.84 Å². The summed E-state index contributed by atoms with van der Waals surface area (Å²) in [5.74, 6) is 0.406. The minimum atomic E-state index is -3.31. The summed E-state index contributed by atoms with van der Waals surface area (Å²) >= 11 is 6.04. The van der Waals surface area contributed by atoms with E-state index in [0.717, 1.165) is 0 Å². The molecule has 0 amide bonds. The quantitative estimate of drug-likeness (QED) is 0.823. The van der Waals surface area contributed by atoms with E-state index in [4.69, 9.17) is 16.3 Å². The summed E-state index contributed by atoms with van der Waals surface area (Å²) in [5.41, 5.74) is 1.14. The first-order valence-corrected chi connectivity index (χ1v) is 9.37. The van der Waals surface area contributed by atoms with Gasteiger partial charge in [0.25, 0.3) is 0 Å². The Morgan fingerprint density at radius 1 is 1.22 bits per heavy atom. The largest absolute Gasteiger partial charge is 0.495 e. The van der Waals surface area contributed by atoms with Gasteiger partial charge in [-0.15, -0.1) is 0 Å². The number of methoxy groups -OCH3 is 1. The Morgan fingerprint density at radius 3 is 2.39 bits per heavy atom. The van der Waals surface area contributed by atoms with Crippen LogP contribution in [0.3, 0.4) is 0 Å². The molecule has 0 aliphatic rings. The van der Waals surface area contributed by atoms with Crippen LogP contribution in [-0.2, 0) is 26.9 Å². The number of rotatable bonds is 5. The average molecular weight is 357 g/mol. The fourth-order valence-electron chi connectivity index (χ4n) is 2.16. The van der Waals surface area contributed by atoms with Crippen molar-refractivity contribution in [2.45, 2.75) is 37.8 Å². The Hall–Kier alpha value is -1.53. The van der Waals surface area contributed by atoms with Gasteiger partial charge in [-0.25, -0.2) is 8.42 Å². The second kappa shape index (κ2) is 6.53. The predicted octanol–water partition coefficient (Wildman–Crippen LogP) is 3.42. The van der Waals surface area contributed by atoms with Crippen molar-refractivity contribution in [2.24, 2.45) is 0 Å². The summed E-state index contributed by atoms with van der Waals surface area (Å²) in [7, 11) is -1.79. The third kappa shape index (κ3) is 4.72. The van der Waals surface area contributed by atoms with Crippen LogP contribution in [0.15, 0.2) is 30.6 Å². The van der Waals surface area contributed by atoms with Gasteiger partial charge in [-0.3, -0.25) is 4.68 Å². The molecule has 0 spiro atoms. The van der Waals surface area contributed by atoms with Crippen LogP contribution in [0.1, 0.15) is 31.9 Å². The highest BCUT2D eigenvalue weighted by atomic mass is 35.5. The molecule has 1 aromatic heterocycles. The number of sulfone groups is 1. The molecule has 0 atom stereocenters. The summed E-state index contributed by atoms with van der Waals surface area (Å²) in [4.78, 5) is 0. The molecule has 1 heterocycles. The SMILES string of the molecule is COc1ccc(CS(=O)(=O)Cc2cnn(C(C)(C)C)c2)cc1Cl. The van der Waals surface area contributed by atoms with E-state index in [9.17, 15) is 8.42 Å². The molecule has 7 heteroatoms. The number of aromatic nitrogens is 2. The lowest BCUT2D eigenvalue weighted by molar-refractivity contribution is 0.355. The van der Waals surface area contributed by atoms with Crippen molar-refractivity contribution in [3.8, 4) is 5.75 Å². The van der Waals surface area contributed by atoms with Crippen molar-refractivity contribution in [1.82, 2.24) is 9.78 Å².